The molecule has 0 N–H and O–H groups in total. The van der Waals surface area contributed by atoms with Crippen LogP contribution in [0.3, 0.4) is 0 Å². The third-order valence-electron chi connectivity index (χ3n) is 3.50. The summed E-state index contributed by atoms with van der Waals surface area (Å²) in [6, 6.07) is 13.2. The van der Waals surface area contributed by atoms with Gasteiger partial charge in [0.15, 0.2) is 5.78 Å². The van der Waals surface area contributed by atoms with Crippen LogP contribution in [-0.2, 0) is 6.42 Å². The third kappa shape index (κ3) is 3.76. The van der Waals surface area contributed by atoms with Crippen molar-refractivity contribution in [1.29, 1.82) is 0 Å². The standard InChI is InChI=1S/C19H20O3/c1-4-14-5-7-15(8-6-14)18(20)12-10-16-9-11-17(21-2)13-19(16)22-3/h5-13H,4H2,1-3H3. The lowest BCUT2D eigenvalue weighted by Crippen LogP contribution is -1.95. The molecule has 0 radical (unpaired) electrons. The summed E-state index contributed by atoms with van der Waals surface area (Å²) in [4.78, 5) is 12.2. The van der Waals surface area contributed by atoms with E-state index in [0.29, 0.717) is 11.3 Å². The molecular formula is C19H20O3. The van der Waals surface area contributed by atoms with Crippen molar-refractivity contribution in [2.75, 3.05) is 14.2 Å². The molecule has 0 spiro atoms. The minimum absolute atomic E-state index is 0.0273. The predicted octanol–water partition coefficient (Wildman–Crippen LogP) is 4.16. The highest BCUT2D eigenvalue weighted by molar-refractivity contribution is 6.06. The monoisotopic (exact) mass is 296 g/mol. The lowest BCUT2D eigenvalue weighted by atomic mass is 10.1. The number of ether oxygens (including phenoxy) is 2. The summed E-state index contributed by atoms with van der Waals surface area (Å²) in [6.45, 7) is 2.09. The van der Waals surface area contributed by atoms with E-state index in [-0.39, 0.29) is 5.78 Å². The van der Waals surface area contributed by atoms with Crippen LogP contribution >= 0.6 is 0 Å². The Hall–Kier alpha value is -2.55. The highest BCUT2D eigenvalue weighted by Crippen LogP contribution is 2.25. The molecule has 0 atom stereocenters. The topological polar surface area (TPSA) is 35.5 Å². The number of benzene rings is 2. The number of carbonyl (C=O) groups excluding carboxylic acids is 1. The van der Waals surface area contributed by atoms with Crippen LogP contribution in [0, 0.1) is 0 Å². The Morgan fingerprint density at radius 2 is 1.77 bits per heavy atom. The van der Waals surface area contributed by atoms with Crippen LogP contribution in [0.1, 0.15) is 28.4 Å². The van der Waals surface area contributed by atoms with E-state index in [1.807, 2.05) is 36.4 Å². The van der Waals surface area contributed by atoms with Crippen LogP contribution in [0.2, 0.25) is 0 Å². The maximum absolute atomic E-state index is 12.2. The van der Waals surface area contributed by atoms with Crippen LogP contribution in [0.15, 0.2) is 48.5 Å². The molecule has 0 fully saturated rings. The lowest BCUT2D eigenvalue weighted by Gasteiger charge is -2.07. The average Bonchev–Trinajstić information content (AvgIpc) is 2.59. The van der Waals surface area contributed by atoms with Gasteiger partial charge in [-0.25, -0.2) is 0 Å². The summed E-state index contributed by atoms with van der Waals surface area (Å²) in [5.74, 6) is 1.36. The van der Waals surface area contributed by atoms with E-state index in [0.717, 1.165) is 17.7 Å². The average molecular weight is 296 g/mol. The second-order valence-corrected chi connectivity index (χ2v) is 4.86. The van der Waals surface area contributed by atoms with Gasteiger partial charge < -0.3 is 9.47 Å². The maximum Gasteiger partial charge on any atom is 0.185 e. The van der Waals surface area contributed by atoms with Gasteiger partial charge in [-0.1, -0.05) is 31.2 Å². The van der Waals surface area contributed by atoms with Gasteiger partial charge in [0.2, 0.25) is 0 Å². The molecule has 0 unspecified atom stereocenters. The Kier molecular flexibility index (Phi) is 5.37. The van der Waals surface area contributed by atoms with Gasteiger partial charge in [0.05, 0.1) is 14.2 Å². The fourth-order valence-electron chi connectivity index (χ4n) is 2.12. The first-order valence-electron chi connectivity index (χ1n) is 7.21. The first kappa shape index (κ1) is 15.8. The highest BCUT2D eigenvalue weighted by atomic mass is 16.5. The largest absolute Gasteiger partial charge is 0.497 e. The first-order chi connectivity index (χ1) is 10.7. The Balaban J connectivity index is 2.18. The van der Waals surface area contributed by atoms with Crippen molar-refractivity contribution in [2.45, 2.75) is 13.3 Å². The molecule has 0 amide bonds. The van der Waals surface area contributed by atoms with E-state index in [2.05, 4.69) is 6.92 Å². The van der Waals surface area contributed by atoms with Crippen molar-refractivity contribution in [3.05, 3.63) is 65.2 Å². The predicted molar refractivity (Wildman–Crippen MR) is 88.7 cm³/mol. The molecule has 0 aliphatic carbocycles. The molecule has 0 bridgehead atoms. The number of allylic oxidation sites excluding steroid dienone is 1. The van der Waals surface area contributed by atoms with Gasteiger partial charge in [0, 0.05) is 17.2 Å². The number of carbonyl (C=O) groups is 1. The summed E-state index contributed by atoms with van der Waals surface area (Å²) in [5.41, 5.74) is 2.74. The normalized spacial score (nSPS) is 10.7. The van der Waals surface area contributed by atoms with Gasteiger partial charge in [-0.05, 0) is 36.3 Å². The molecule has 0 saturated carbocycles. The van der Waals surface area contributed by atoms with Crippen molar-refractivity contribution in [2.24, 2.45) is 0 Å². The fraction of sp³-hybridized carbons (Fsp3) is 0.211. The van der Waals surface area contributed by atoms with Gasteiger partial charge in [-0.15, -0.1) is 0 Å². The van der Waals surface area contributed by atoms with Crippen molar-refractivity contribution in [1.82, 2.24) is 0 Å². The highest BCUT2D eigenvalue weighted by Gasteiger charge is 2.05. The lowest BCUT2D eigenvalue weighted by molar-refractivity contribution is 0.104. The van der Waals surface area contributed by atoms with Crippen LogP contribution in [-0.4, -0.2) is 20.0 Å². The van der Waals surface area contributed by atoms with Gasteiger partial charge in [-0.3, -0.25) is 4.79 Å². The van der Waals surface area contributed by atoms with Crippen molar-refractivity contribution < 1.29 is 14.3 Å². The van der Waals surface area contributed by atoms with E-state index in [1.165, 1.54) is 5.56 Å². The van der Waals surface area contributed by atoms with Gasteiger partial charge in [0.1, 0.15) is 11.5 Å². The molecule has 0 aromatic heterocycles. The number of hydrogen-bond donors (Lipinski definition) is 0. The van der Waals surface area contributed by atoms with E-state index in [4.69, 9.17) is 9.47 Å². The number of hydrogen-bond acceptors (Lipinski definition) is 3. The smallest absolute Gasteiger partial charge is 0.185 e. The van der Waals surface area contributed by atoms with Crippen molar-refractivity contribution >= 4 is 11.9 Å². The quantitative estimate of drug-likeness (QED) is 0.593. The Morgan fingerprint density at radius 3 is 2.36 bits per heavy atom. The molecule has 0 aliphatic rings. The van der Waals surface area contributed by atoms with E-state index in [9.17, 15) is 4.79 Å². The van der Waals surface area contributed by atoms with Crippen LogP contribution in [0.5, 0.6) is 11.5 Å². The van der Waals surface area contributed by atoms with Crippen LogP contribution < -0.4 is 9.47 Å². The van der Waals surface area contributed by atoms with E-state index < -0.39 is 0 Å². The fourth-order valence-corrected chi connectivity index (χ4v) is 2.12. The first-order valence-corrected chi connectivity index (χ1v) is 7.21. The minimum Gasteiger partial charge on any atom is -0.497 e. The number of rotatable bonds is 6. The molecule has 0 saturated heterocycles. The SMILES string of the molecule is CCc1ccc(C(=O)C=Cc2ccc(OC)cc2OC)cc1. The van der Waals surface area contributed by atoms with Crippen molar-refractivity contribution in [3.63, 3.8) is 0 Å². The zero-order valence-electron chi connectivity index (χ0n) is 13.1. The molecule has 22 heavy (non-hydrogen) atoms. The number of methoxy groups -OCH3 is 2. The zero-order valence-corrected chi connectivity index (χ0v) is 13.1. The van der Waals surface area contributed by atoms with Gasteiger partial charge in [-0.2, -0.15) is 0 Å². The molecule has 2 rings (SSSR count). The second kappa shape index (κ2) is 7.46. The molecule has 0 aliphatic heterocycles. The van der Waals surface area contributed by atoms with Crippen LogP contribution in [0.4, 0.5) is 0 Å². The minimum atomic E-state index is -0.0273. The molecule has 2 aromatic rings. The maximum atomic E-state index is 12.2. The molecule has 114 valence electrons. The summed E-state index contributed by atoms with van der Waals surface area (Å²) in [7, 11) is 3.20. The second-order valence-electron chi connectivity index (χ2n) is 4.86. The summed E-state index contributed by atoms with van der Waals surface area (Å²) in [5, 5.41) is 0. The molecule has 3 nitrogen and oxygen atoms in total. The molecule has 0 heterocycles. The van der Waals surface area contributed by atoms with E-state index in [1.54, 1.807) is 32.4 Å². The van der Waals surface area contributed by atoms with Gasteiger partial charge >= 0.3 is 0 Å². The molecule has 3 heteroatoms. The molecule has 2 aromatic carbocycles. The molecular weight excluding hydrogens is 276 g/mol. The van der Waals surface area contributed by atoms with E-state index >= 15 is 0 Å². The Labute approximate surface area is 131 Å². The summed E-state index contributed by atoms with van der Waals surface area (Å²) >= 11 is 0. The number of aryl methyl sites for hydroxylation is 1. The van der Waals surface area contributed by atoms with Crippen LogP contribution in [0.25, 0.3) is 6.08 Å². The Bertz CT molecular complexity index is 670. The van der Waals surface area contributed by atoms with Crippen molar-refractivity contribution in [3.8, 4) is 11.5 Å². The zero-order chi connectivity index (χ0) is 15.9. The summed E-state index contributed by atoms with van der Waals surface area (Å²) in [6.07, 6.45) is 4.28. The number of ketones is 1. The summed E-state index contributed by atoms with van der Waals surface area (Å²) < 4.78 is 10.5. The Morgan fingerprint density at radius 1 is 1.05 bits per heavy atom. The third-order valence-corrected chi connectivity index (χ3v) is 3.50. The van der Waals surface area contributed by atoms with Gasteiger partial charge in [0.25, 0.3) is 0 Å².